The maximum atomic E-state index is 11.5. The zero-order valence-corrected chi connectivity index (χ0v) is 20.1. The van der Waals surface area contributed by atoms with Gasteiger partial charge in [-0.3, -0.25) is 4.90 Å². The molecule has 2 aliphatic rings. The van der Waals surface area contributed by atoms with Crippen molar-refractivity contribution in [3.8, 4) is 11.8 Å². The number of hydrogen-bond acceptors (Lipinski definition) is 6. The molecule has 2 aliphatic heterocycles. The fourth-order valence-corrected chi connectivity index (χ4v) is 5.92. The van der Waals surface area contributed by atoms with E-state index in [0.717, 1.165) is 44.7 Å². The molecule has 2 fully saturated rings. The highest BCUT2D eigenvalue weighted by Crippen LogP contribution is 2.37. The maximum absolute atomic E-state index is 11.5. The lowest BCUT2D eigenvalue weighted by Crippen LogP contribution is -2.52. The van der Waals surface area contributed by atoms with Gasteiger partial charge < -0.3 is 9.64 Å². The first-order chi connectivity index (χ1) is 15.8. The second kappa shape index (κ2) is 10.1. The summed E-state index contributed by atoms with van der Waals surface area (Å²) in [4.78, 5) is 4.91. The highest BCUT2D eigenvalue weighted by Gasteiger charge is 2.35. The standard InChI is InChI=1S/C25H32N4O3S/c1-19(27-33(2,30)31)18-32-25-9-8-21(12-26)11-24(25)29-16-22-10-23(17-29)15-28(14-22)13-20-6-4-3-5-7-20/h3-9,11,19,22-23,27H,10,13-18H2,1-2H3. The van der Waals surface area contributed by atoms with Crippen LogP contribution >= 0.6 is 0 Å². The minimum absolute atomic E-state index is 0.220. The van der Waals surface area contributed by atoms with Gasteiger partial charge in [-0.15, -0.1) is 0 Å². The molecule has 3 atom stereocenters. The molecule has 0 amide bonds. The van der Waals surface area contributed by atoms with E-state index in [-0.39, 0.29) is 12.6 Å². The van der Waals surface area contributed by atoms with Crippen molar-refractivity contribution < 1.29 is 13.2 Å². The minimum Gasteiger partial charge on any atom is -0.490 e. The van der Waals surface area contributed by atoms with Crippen molar-refractivity contribution in [1.29, 1.82) is 5.26 Å². The quantitative estimate of drug-likeness (QED) is 0.641. The number of nitriles is 1. The van der Waals surface area contributed by atoms with Crippen LogP contribution in [-0.4, -0.2) is 58.4 Å². The molecular weight excluding hydrogens is 436 g/mol. The summed E-state index contributed by atoms with van der Waals surface area (Å²) >= 11 is 0. The molecule has 2 aromatic carbocycles. The number of ether oxygens (including phenoxy) is 1. The molecule has 2 heterocycles. The molecular formula is C25H32N4O3S. The van der Waals surface area contributed by atoms with Crippen LogP contribution in [0.2, 0.25) is 0 Å². The summed E-state index contributed by atoms with van der Waals surface area (Å²) in [5, 5.41) is 9.44. The summed E-state index contributed by atoms with van der Waals surface area (Å²) in [6.45, 7) is 6.94. The zero-order chi connectivity index (χ0) is 23.4. The minimum atomic E-state index is -3.30. The molecule has 176 valence electrons. The fourth-order valence-electron chi connectivity index (χ4n) is 5.13. The zero-order valence-electron chi connectivity index (χ0n) is 19.3. The van der Waals surface area contributed by atoms with Gasteiger partial charge in [-0.25, -0.2) is 13.1 Å². The summed E-state index contributed by atoms with van der Waals surface area (Å²) in [6.07, 6.45) is 2.37. The molecule has 3 unspecified atom stereocenters. The average molecular weight is 469 g/mol. The number of likely N-dealkylation sites (tertiary alicyclic amines) is 1. The highest BCUT2D eigenvalue weighted by atomic mass is 32.2. The molecule has 4 rings (SSSR count). The van der Waals surface area contributed by atoms with Gasteiger partial charge in [-0.05, 0) is 48.9 Å². The molecule has 0 saturated carbocycles. The number of hydrogen-bond donors (Lipinski definition) is 1. The fraction of sp³-hybridized carbons (Fsp3) is 0.480. The molecule has 2 saturated heterocycles. The SMILES string of the molecule is CC(COc1ccc(C#N)cc1N1CC2CC(CN(Cc3ccccc3)C2)C1)NS(C)(=O)=O. The van der Waals surface area contributed by atoms with Crippen molar-refractivity contribution in [2.45, 2.75) is 25.9 Å². The number of piperidine rings is 2. The van der Waals surface area contributed by atoms with Crippen molar-refractivity contribution in [2.24, 2.45) is 11.8 Å². The summed E-state index contributed by atoms with van der Waals surface area (Å²) in [7, 11) is -3.30. The molecule has 8 heteroatoms. The first-order valence-electron chi connectivity index (χ1n) is 11.4. The van der Waals surface area contributed by atoms with E-state index in [2.05, 4.69) is 50.9 Å². The van der Waals surface area contributed by atoms with Crippen molar-refractivity contribution in [2.75, 3.05) is 43.9 Å². The van der Waals surface area contributed by atoms with Gasteiger partial charge >= 0.3 is 0 Å². The van der Waals surface area contributed by atoms with Crippen LogP contribution in [0.1, 0.15) is 24.5 Å². The number of rotatable bonds is 8. The van der Waals surface area contributed by atoms with Crippen LogP contribution in [0.4, 0.5) is 5.69 Å². The third kappa shape index (κ3) is 6.47. The molecule has 7 nitrogen and oxygen atoms in total. The average Bonchev–Trinajstić information content (AvgIpc) is 2.76. The monoisotopic (exact) mass is 468 g/mol. The number of anilines is 1. The Morgan fingerprint density at radius 3 is 2.45 bits per heavy atom. The topological polar surface area (TPSA) is 85.7 Å². The van der Waals surface area contributed by atoms with E-state index in [4.69, 9.17) is 4.74 Å². The summed E-state index contributed by atoms with van der Waals surface area (Å²) in [5.74, 6) is 1.81. The predicted octanol–water partition coefficient (Wildman–Crippen LogP) is 2.83. The van der Waals surface area contributed by atoms with Crippen molar-refractivity contribution >= 4 is 15.7 Å². The van der Waals surface area contributed by atoms with Gasteiger partial charge in [0.05, 0.1) is 29.6 Å². The highest BCUT2D eigenvalue weighted by molar-refractivity contribution is 7.88. The van der Waals surface area contributed by atoms with Crippen LogP contribution in [0.5, 0.6) is 5.75 Å². The molecule has 0 aliphatic carbocycles. The molecule has 0 spiro atoms. The van der Waals surface area contributed by atoms with Crippen LogP contribution in [-0.2, 0) is 16.6 Å². The Morgan fingerprint density at radius 2 is 1.82 bits per heavy atom. The molecule has 33 heavy (non-hydrogen) atoms. The van der Waals surface area contributed by atoms with Crippen molar-refractivity contribution in [3.05, 3.63) is 59.7 Å². The Morgan fingerprint density at radius 1 is 1.12 bits per heavy atom. The Bertz CT molecular complexity index is 1090. The third-order valence-electron chi connectivity index (χ3n) is 6.24. The molecule has 0 radical (unpaired) electrons. The number of benzene rings is 2. The Balaban J connectivity index is 1.45. The van der Waals surface area contributed by atoms with Gasteiger partial charge in [-0.2, -0.15) is 5.26 Å². The lowest BCUT2D eigenvalue weighted by atomic mass is 9.84. The lowest BCUT2D eigenvalue weighted by Gasteiger charge is -2.47. The van der Waals surface area contributed by atoms with Crippen molar-refractivity contribution in [3.63, 3.8) is 0 Å². The second-order valence-corrected chi connectivity index (χ2v) is 11.2. The number of nitrogens with zero attached hydrogens (tertiary/aromatic N) is 3. The van der Waals surface area contributed by atoms with E-state index in [1.54, 1.807) is 13.0 Å². The summed E-state index contributed by atoms with van der Waals surface area (Å²) < 4.78 is 31.6. The Labute approximate surface area is 197 Å². The maximum Gasteiger partial charge on any atom is 0.209 e. The number of sulfonamides is 1. The van der Waals surface area contributed by atoms with Crippen LogP contribution in [0.15, 0.2) is 48.5 Å². The van der Waals surface area contributed by atoms with Gasteiger partial charge in [-0.1, -0.05) is 30.3 Å². The normalized spacial score (nSPS) is 21.9. The van der Waals surface area contributed by atoms with Crippen LogP contribution in [0.25, 0.3) is 0 Å². The van der Waals surface area contributed by atoms with E-state index in [9.17, 15) is 13.7 Å². The Hall–Kier alpha value is -2.60. The van der Waals surface area contributed by atoms with E-state index in [1.807, 2.05) is 12.1 Å². The van der Waals surface area contributed by atoms with E-state index >= 15 is 0 Å². The lowest BCUT2D eigenvalue weighted by molar-refractivity contribution is 0.103. The third-order valence-corrected chi connectivity index (χ3v) is 7.07. The van der Waals surface area contributed by atoms with Gasteiger partial charge in [0.2, 0.25) is 10.0 Å². The molecule has 2 aromatic rings. The smallest absolute Gasteiger partial charge is 0.209 e. The van der Waals surface area contributed by atoms with E-state index < -0.39 is 10.0 Å². The van der Waals surface area contributed by atoms with Gasteiger partial charge in [0, 0.05) is 32.7 Å². The first kappa shape index (κ1) is 23.6. The number of nitrogens with one attached hydrogen (secondary N) is 1. The van der Waals surface area contributed by atoms with E-state index in [0.29, 0.717) is 23.1 Å². The molecule has 2 bridgehead atoms. The molecule has 0 aromatic heterocycles. The van der Waals surface area contributed by atoms with Crippen molar-refractivity contribution in [1.82, 2.24) is 9.62 Å². The van der Waals surface area contributed by atoms with Crippen LogP contribution in [0.3, 0.4) is 0 Å². The second-order valence-electron chi connectivity index (χ2n) is 9.45. The molecule has 1 N–H and O–H groups in total. The number of fused-ring (bicyclic) bond motifs is 2. The largest absolute Gasteiger partial charge is 0.490 e. The van der Waals surface area contributed by atoms with Crippen LogP contribution < -0.4 is 14.4 Å². The van der Waals surface area contributed by atoms with Gasteiger partial charge in [0.25, 0.3) is 0 Å². The van der Waals surface area contributed by atoms with Gasteiger partial charge in [0.15, 0.2) is 0 Å². The van der Waals surface area contributed by atoms with E-state index in [1.165, 1.54) is 12.0 Å². The predicted molar refractivity (Wildman–Crippen MR) is 130 cm³/mol. The summed E-state index contributed by atoms with van der Waals surface area (Å²) in [6, 6.07) is 18.0. The van der Waals surface area contributed by atoms with Gasteiger partial charge in [0.1, 0.15) is 12.4 Å². The Kier molecular flexibility index (Phi) is 7.23. The van der Waals surface area contributed by atoms with Crippen LogP contribution in [0, 0.1) is 23.2 Å². The summed E-state index contributed by atoms with van der Waals surface area (Å²) in [5.41, 5.74) is 2.87. The first-order valence-corrected chi connectivity index (χ1v) is 13.3.